The predicted octanol–water partition coefficient (Wildman–Crippen LogP) is 2.60. The average molecular weight is 313 g/mol. The minimum atomic E-state index is 0.0360. The number of hydrogen-bond acceptors (Lipinski definition) is 3. The highest BCUT2D eigenvalue weighted by atomic mass is 79.9. The molecule has 0 radical (unpaired) electrons. The zero-order valence-corrected chi connectivity index (χ0v) is 11.7. The van der Waals surface area contributed by atoms with Crippen molar-refractivity contribution in [3.05, 3.63) is 34.3 Å². The number of nitrogens with zero attached hydrogens (tertiary/aromatic N) is 1. The Balaban J connectivity index is 1.82. The first kappa shape index (κ1) is 12.6. The topological polar surface area (TPSA) is 41.5 Å². The molecule has 0 aliphatic carbocycles. The molecule has 1 aromatic carbocycles. The Hall–Kier alpha value is -0.810. The molecule has 0 atom stereocenters. The Bertz CT molecular complexity index is 448. The second kappa shape index (κ2) is 6.21. The van der Waals surface area contributed by atoms with Gasteiger partial charge in [-0.2, -0.15) is 0 Å². The first-order valence-electron chi connectivity index (χ1n) is 5.46. The van der Waals surface area contributed by atoms with Gasteiger partial charge in [-0.3, -0.25) is 9.79 Å². The lowest BCUT2D eigenvalue weighted by Gasteiger charge is -2.05. The lowest BCUT2D eigenvalue weighted by molar-refractivity contribution is -0.119. The molecule has 3 nitrogen and oxygen atoms in total. The van der Waals surface area contributed by atoms with E-state index in [0.29, 0.717) is 6.42 Å². The molecule has 0 fully saturated rings. The summed E-state index contributed by atoms with van der Waals surface area (Å²) in [5, 5.41) is 3.59. The first-order valence-corrected chi connectivity index (χ1v) is 7.24. The highest BCUT2D eigenvalue weighted by molar-refractivity contribution is 9.10. The number of nitrogens with one attached hydrogen (secondary N) is 1. The van der Waals surface area contributed by atoms with Crippen LogP contribution in [0.4, 0.5) is 0 Å². The lowest BCUT2D eigenvalue weighted by atomic mass is 10.1. The molecule has 0 bridgehead atoms. The molecule has 0 saturated heterocycles. The Labute approximate surface area is 113 Å². The number of amidine groups is 1. The van der Waals surface area contributed by atoms with Crippen molar-refractivity contribution in [1.82, 2.24) is 5.32 Å². The maximum atomic E-state index is 11.7. The molecule has 0 unspecified atom stereocenters. The summed E-state index contributed by atoms with van der Waals surface area (Å²) >= 11 is 5.08. The molecule has 0 saturated carbocycles. The van der Waals surface area contributed by atoms with Gasteiger partial charge in [0.15, 0.2) is 5.17 Å². The molecule has 90 valence electrons. The summed E-state index contributed by atoms with van der Waals surface area (Å²) in [6.07, 6.45) is 1.23. The molecule has 1 N–H and O–H groups in total. The molecule has 5 heteroatoms. The number of benzene rings is 1. The first-order chi connectivity index (χ1) is 8.25. The van der Waals surface area contributed by atoms with Gasteiger partial charge in [0.25, 0.3) is 0 Å². The zero-order valence-electron chi connectivity index (χ0n) is 9.28. The molecule has 1 heterocycles. The number of carbonyl (C=O) groups excluding carboxylic acids is 1. The highest BCUT2D eigenvalue weighted by Gasteiger charge is 2.11. The number of halogens is 1. The van der Waals surface area contributed by atoms with E-state index < -0.39 is 0 Å². The fourth-order valence-corrected chi connectivity index (χ4v) is 2.77. The van der Waals surface area contributed by atoms with E-state index in [1.165, 1.54) is 0 Å². The number of carbonyl (C=O) groups is 1. The van der Waals surface area contributed by atoms with Crippen LogP contribution in [0.15, 0.2) is 33.7 Å². The van der Waals surface area contributed by atoms with E-state index in [-0.39, 0.29) is 5.91 Å². The molecular weight excluding hydrogens is 300 g/mol. The molecular formula is C12H13BrN2OS. The summed E-state index contributed by atoms with van der Waals surface area (Å²) < 4.78 is 1.06. The standard InChI is InChI=1S/C12H13BrN2OS/c13-10-4-2-1-3-9(10)5-6-11(16)15-12-14-7-8-17-12/h1-4H,5-8H2,(H,14,15,16). The normalized spacial score (nSPS) is 14.5. The zero-order chi connectivity index (χ0) is 12.1. The van der Waals surface area contributed by atoms with Crippen molar-refractivity contribution < 1.29 is 4.79 Å². The minimum Gasteiger partial charge on any atom is -0.305 e. The van der Waals surface area contributed by atoms with Crippen LogP contribution in [0.3, 0.4) is 0 Å². The fraction of sp³-hybridized carbons (Fsp3) is 0.333. The number of thioether (sulfide) groups is 1. The van der Waals surface area contributed by atoms with Crippen molar-refractivity contribution >= 4 is 38.8 Å². The molecule has 0 aromatic heterocycles. The Morgan fingerprint density at radius 2 is 2.29 bits per heavy atom. The number of aryl methyl sites for hydroxylation is 1. The van der Waals surface area contributed by atoms with Gasteiger partial charge in [-0.1, -0.05) is 45.9 Å². The van der Waals surface area contributed by atoms with E-state index in [0.717, 1.165) is 33.9 Å². The van der Waals surface area contributed by atoms with Gasteiger partial charge in [-0.05, 0) is 18.1 Å². The van der Waals surface area contributed by atoms with Crippen LogP contribution in [0, 0.1) is 0 Å². The Morgan fingerprint density at radius 3 is 3.00 bits per heavy atom. The summed E-state index contributed by atoms with van der Waals surface area (Å²) in [6.45, 7) is 0.810. The Kier molecular flexibility index (Phi) is 4.62. The molecule has 1 amide bonds. The molecule has 2 rings (SSSR count). The largest absolute Gasteiger partial charge is 0.305 e. The molecule has 17 heavy (non-hydrogen) atoms. The van der Waals surface area contributed by atoms with Crippen LogP contribution in [0.1, 0.15) is 12.0 Å². The van der Waals surface area contributed by atoms with Crippen molar-refractivity contribution in [2.24, 2.45) is 4.99 Å². The van der Waals surface area contributed by atoms with Gasteiger partial charge in [-0.25, -0.2) is 0 Å². The number of aliphatic imine (C=N–C) groups is 1. The van der Waals surface area contributed by atoms with Crippen molar-refractivity contribution in [2.75, 3.05) is 12.3 Å². The second-order valence-corrected chi connectivity index (χ2v) is 5.61. The number of hydrogen-bond donors (Lipinski definition) is 1. The van der Waals surface area contributed by atoms with Crippen molar-refractivity contribution in [3.8, 4) is 0 Å². The number of rotatable bonds is 3. The van der Waals surface area contributed by atoms with E-state index in [1.54, 1.807) is 11.8 Å². The SMILES string of the molecule is O=C(CCc1ccccc1Br)NC1=NCCS1. The minimum absolute atomic E-state index is 0.0360. The average Bonchev–Trinajstić information content (AvgIpc) is 2.81. The summed E-state index contributed by atoms with van der Waals surface area (Å²) in [4.78, 5) is 15.8. The van der Waals surface area contributed by atoms with Crippen LogP contribution < -0.4 is 5.32 Å². The van der Waals surface area contributed by atoms with Crippen molar-refractivity contribution in [2.45, 2.75) is 12.8 Å². The van der Waals surface area contributed by atoms with E-state index in [4.69, 9.17) is 0 Å². The molecule has 1 aliphatic heterocycles. The summed E-state index contributed by atoms with van der Waals surface area (Å²) in [6, 6.07) is 7.97. The summed E-state index contributed by atoms with van der Waals surface area (Å²) in [7, 11) is 0. The smallest absolute Gasteiger partial charge is 0.226 e. The maximum Gasteiger partial charge on any atom is 0.226 e. The van der Waals surface area contributed by atoms with Crippen LogP contribution in [0.2, 0.25) is 0 Å². The summed E-state index contributed by atoms with van der Waals surface area (Å²) in [5.41, 5.74) is 1.16. The van der Waals surface area contributed by atoms with Gasteiger partial charge >= 0.3 is 0 Å². The van der Waals surface area contributed by atoms with E-state index in [9.17, 15) is 4.79 Å². The van der Waals surface area contributed by atoms with Gasteiger partial charge in [0.05, 0.1) is 6.54 Å². The van der Waals surface area contributed by atoms with Crippen LogP contribution in [-0.2, 0) is 11.2 Å². The van der Waals surface area contributed by atoms with Crippen molar-refractivity contribution in [1.29, 1.82) is 0 Å². The van der Waals surface area contributed by atoms with Gasteiger partial charge < -0.3 is 5.32 Å². The predicted molar refractivity (Wildman–Crippen MR) is 75.4 cm³/mol. The van der Waals surface area contributed by atoms with Crippen LogP contribution in [0.25, 0.3) is 0 Å². The van der Waals surface area contributed by atoms with E-state index in [1.807, 2.05) is 24.3 Å². The van der Waals surface area contributed by atoms with Crippen LogP contribution >= 0.6 is 27.7 Å². The van der Waals surface area contributed by atoms with Gasteiger partial charge in [0.2, 0.25) is 5.91 Å². The molecule has 0 spiro atoms. The van der Waals surface area contributed by atoms with Gasteiger partial charge in [0, 0.05) is 16.6 Å². The van der Waals surface area contributed by atoms with Crippen LogP contribution in [-0.4, -0.2) is 23.4 Å². The fourth-order valence-electron chi connectivity index (χ4n) is 1.54. The van der Waals surface area contributed by atoms with Crippen LogP contribution in [0.5, 0.6) is 0 Å². The lowest BCUT2D eigenvalue weighted by Crippen LogP contribution is -2.27. The quantitative estimate of drug-likeness (QED) is 0.932. The highest BCUT2D eigenvalue weighted by Crippen LogP contribution is 2.17. The third-order valence-electron chi connectivity index (χ3n) is 2.41. The Morgan fingerprint density at radius 1 is 1.47 bits per heavy atom. The van der Waals surface area contributed by atoms with E-state index in [2.05, 4.69) is 26.2 Å². The monoisotopic (exact) mass is 312 g/mol. The van der Waals surface area contributed by atoms with Gasteiger partial charge in [-0.15, -0.1) is 0 Å². The molecule has 1 aromatic rings. The molecule has 1 aliphatic rings. The number of amides is 1. The van der Waals surface area contributed by atoms with Crippen molar-refractivity contribution in [3.63, 3.8) is 0 Å². The third-order valence-corrected chi connectivity index (χ3v) is 4.08. The van der Waals surface area contributed by atoms with E-state index >= 15 is 0 Å². The second-order valence-electron chi connectivity index (χ2n) is 3.67. The summed E-state index contributed by atoms with van der Waals surface area (Å²) in [5.74, 6) is 1.01. The third kappa shape index (κ3) is 3.85. The van der Waals surface area contributed by atoms with Gasteiger partial charge in [0.1, 0.15) is 0 Å². The maximum absolute atomic E-state index is 11.7.